The zero-order valence-corrected chi connectivity index (χ0v) is 17.5. The van der Waals surface area contributed by atoms with E-state index in [0.29, 0.717) is 12.1 Å². The van der Waals surface area contributed by atoms with Gasteiger partial charge in [0.2, 0.25) is 10.0 Å². The van der Waals surface area contributed by atoms with Crippen LogP contribution in [0.5, 0.6) is 0 Å². The molecule has 0 amide bonds. The highest BCUT2D eigenvalue weighted by atomic mass is 79.9. The van der Waals surface area contributed by atoms with Gasteiger partial charge in [-0.15, -0.1) is 0 Å². The van der Waals surface area contributed by atoms with Gasteiger partial charge in [-0.05, 0) is 46.2 Å². The fraction of sp³-hybridized carbons (Fsp3) is 0.500. The highest BCUT2D eigenvalue weighted by Crippen LogP contribution is 2.32. The Hall–Kier alpha value is -0.700. The molecule has 134 valence electrons. The summed E-state index contributed by atoms with van der Waals surface area (Å²) in [6.45, 7) is 7.52. The standard InChI is InChI=1S/C16H23BrN2O3S2/c1-15(2,3)23(20)18-12-14-6-5-11-19(14)24(21,22)16(4)9-7-13(17)8-10-16/h5-9,11,18H,10,12H2,1-4H3. The average Bonchev–Trinajstić information content (AvgIpc) is 2.96. The van der Waals surface area contributed by atoms with Crippen LogP contribution in [-0.4, -0.2) is 26.1 Å². The minimum atomic E-state index is -3.63. The second-order valence-electron chi connectivity index (χ2n) is 6.94. The van der Waals surface area contributed by atoms with Crippen molar-refractivity contribution in [2.45, 2.75) is 50.2 Å². The molecule has 0 bridgehead atoms. The van der Waals surface area contributed by atoms with E-state index >= 15 is 0 Å². The van der Waals surface area contributed by atoms with E-state index in [9.17, 15) is 12.6 Å². The molecule has 1 heterocycles. The van der Waals surface area contributed by atoms with Crippen LogP contribution in [0.15, 0.2) is 41.0 Å². The summed E-state index contributed by atoms with van der Waals surface area (Å²) < 4.78 is 42.0. The minimum Gasteiger partial charge on any atom is -0.248 e. The summed E-state index contributed by atoms with van der Waals surface area (Å²) in [6, 6.07) is 3.42. The molecule has 1 aliphatic carbocycles. The van der Waals surface area contributed by atoms with E-state index in [2.05, 4.69) is 20.7 Å². The third kappa shape index (κ3) is 3.92. The molecule has 8 heteroatoms. The summed E-state index contributed by atoms with van der Waals surface area (Å²) in [6.07, 6.45) is 7.26. The number of hydrogen-bond donors (Lipinski definition) is 1. The fourth-order valence-corrected chi connectivity index (χ4v) is 4.89. The first-order valence-corrected chi connectivity index (χ1v) is 11.0. The monoisotopic (exact) mass is 434 g/mol. The Kier molecular flexibility index (Phi) is 5.64. The van der Waals surface area contributed by atoms with Gasteiger partial charge < -0.3 is 0 Å². The number of aromatic nitrogens is 1. The van der Waals surface area contributed by atoms with E-state index in [1.807, 2.05) is 26.8 Å². The minimum absolute atomic E-state index is 0.218. The van der Waals surface area contributed by atoms with Crippen LogP contribution in [-0.2, 0) is 27.6 Å². The topological polar surface area (TPSA) is 68.2 Å². The fourth-order valence-electron chi connectivity index (χ4n) is 2.24. The van der Waals surface area contributed by atoms with E-state index in [1.54, 1.807) is 37.4 Å². The van der Waals surface area contributed by atoms with Crippen LogP contribution in [0.2, 0.25) is 0 Å². The summed E-state index contributed by atoms with van der Waals surface area (Å²) in [5.74, 6) is 0. The maximum absolute atomic E-state index is 13.1. The molecule has 2 atom stereocenters. The molecule has 1 N–H and O–H groups in total. The number of hydrogen-bond acceptors (Lipinski definition) is 3. The quantitative estimate of drug-likeness (QED) is 0.773. The smallest absolute Gasteiger partial charge is 0.248 e. The van der Waals surface area contributed by atoms with Gasteiger partial charge in [0.15, 0.2) is 0 Å². The lowest BCUT2D eigenvalue weighted by Crippen LogP contribution is -2.39. The molecule has 1 aromatic heterocycles. The molecule has 0 aliphatic heterocycles. The zero-order valence-electron chi connectivity index (χ0n) is 14.2. The van der Waals surface area contributed by atoms with E-state index < -0.39 is 30.5 Å². The number of halogens is 1. The Morgan fingerprint density at radius 1 is 1.42 bits per heavy atom. The largest absolute Gasteiger partial charge is 0.248 e. The van der Waals surface area contributed by atoms with Crippen molar-refractivity contribution >= 4 is 36.9 Å². The van der Waals surface area contributed by atoms with Crippen molar-refractivity contribution < 1.29 is 12.6 Å². The lowest BCUT2D eigenvalue weighted by Gasteiger charge is -2.28. The predicted octanol–water partition coefficient (Wildman–Crippen LogP) is 3.22. The maximum Gasteiger partial charge on any atom is 0.248 e. The third-order valence-electron chi connectivity index (χ3n) is 3.88. The molecule has 0 saturated heterocycles. The Morgan fingerprint density at radius 3 is 2.62 bits per heavy atom. The summed E-state index contributed by atoms with van der Waals surface area (Å²) in [5.41, 5.74) is 0.566. The maximum atomic E-state index is 13.1. The van der Waals surface area contributed by atoms with Crippen molar-refractivity contribution in [2.24, 2.45) is 0 Å². The lowest BCUT2D eigenvalue weighted by atomic mass is 10.0. The van der Waals surface area contributed by atoms with Gasteiger partial charge in [0.05, 0.1) is 15.7 Å². The van der Waals surface area contributed by atoms with E-state index in [4.69, 9.17) is 0 Å². The van der Waals surface area contributed by atoms with E-state index in [-0.39, 0.29) is 6.54 Å². The molecule has 5 nitrogen and oxygen atoms in total. The van der Waals surface area contributed by atoms with Crippen molar-refractivity contribution in [1.29, 1.82) is 0 Å². The summed E-state index contributed by atoms with van der Waals surface area (Å²) in [7, 11) is -4.89. The molecule has 2 rings (SSSR count). The Bertz CT molecular complexity index is 804. The Morgan fingerprint density at radius 2 is 2.08 bits per heavy atom. The number of allylic oxidation sites excluding steroid dienone is 3. The zero-order chi connectivity index (χ0) is 18.2. The molecule has 24 heavy (non-hydrogen) atoms. The summed E-state index contributed by atoms with van der Waals surface area (Å²) in [5, 5.41) is 0. The van der Waals surface area contributed by atoms with Gasteiger partial charge in [0, 0.05) is 22.9 Å². The van der Waals surface area contributed by atoms with E-state index in [0.717, 1.165) is 4.48 Å². The first-order chi connectivity index (χ1) is 11.0. The first-order valence-electron chi connectivity index (χ1n) is 7.59. The molecule has 1 aromatic rings. The molecule has 0 aromatic carbocycles. The van der Waals surface area contributed by atoms with Crippen LogP contribution in [0.3, 0.4) is 0 Å². The third-order valence-corrected chi connectivity index (χ3v) is 8.34. The Labute approximate surface area is 155 Å². The van der Waals surface area contributed by atoms with Crippen molar-refractivity contribution in [1.82, 2.24) is 8.69 Å². The number of rotatable bonds is 5. The molecule has 2 unspecified atom stereocenters. The van der Waals surface area contributed by atoms with Crippen LogP contribution in [0.25, 0.3) is 0 Å². The van der Waals surface area contributed by atoms with Crippen LogP contribution < -0.4 is 4.72 Å². The first kappa shape index (κ1) is 19.6. The molecule has 0 radical (unpaired) electrons. The van der Waals surface area contributed by atoms with Gasteiger partial charge in [-0.3, -0.25) is 0 Å². The second-order valence-corrected chi connectivity index (χ2v) is 12.2. The van der Waals surface area contributed by atoms with Gasteiger partial charge in [-0.1, -0.05) is 34.2 Å². The highest BCUT2D eigenvalue weighted by molar-refractivity contribution is 9.11. The van der Waals surface area contributed by atoms with Gasteiger partial charge in [0.1, 0.15) is 4.75 Å². The molecule has 0 saturated carbocycles. The van der Waals surface area contributed by atoms with Gasteiger partial charge in [0.25, 0.3) is 0 Å². The van der Waals surface area contributed by atoms with Gasteiger partial charge in [-0.2, -0.15) is 0 Å². The van der Waals surface area contributed by atoms with Crippen molar-refractivity contribution in [2.75, 3.05) is 0 Å². The van der Waals surface area contributed by atoms with Crippen LogP contribution in [0.4, 0.5) is 0 Å². The van der Waals surface area contributed by atoms with Crippen LogP contribution >= 0.6 is 15.9 Å². The van der Waals surface area contributed by atoms with Crippen molar-refractivity contribution in [3.63, 3.8) is 0 Å². The van der Waals surface area contributed by atoms with Crippen LogP contribution in [0.1, 0.15) is 39.8 Å². The van der Waals surface area contributed by atoms with Crippen molar-refractivity contribution in [3.05, 3.63) is 46.7 Å². The summed E-state index contributed by atoms with van der Waals surface area (Å²) >= 11 is 3.36. The highest BCUT2D eigenvalue weighted by Gasteiger charge is 2.39. The van der Waals surface area contributed by atoms with E-state index in [1.165, 1.54) is 3.97 Å². The van der Waals surface area contributed by atoms with Gasteiger partial charge >= 0.3 is 0 Å². The van der Waals surface area contributed by atoms with Gasteiger partial charge in [-0.25, -0.2) is 21.3 Å². The molecule has 0 fully saturated rings. The van der Waals surface area contributed by atoms with Crippen molar-refractivity contribution in [3.8, 4) is 0 Å². The molecular formula is C16H23BrN2O3S2. The lowest BCUT2D eigenvalue weighted by molar-refractivity contribution is 0.550. The molecular weight excluding hydrogens is 412 g/mol. The number of nitrogens with zero attached hydrogens (tertiary/aromatic N) is 1. The normalized spacial score (nSPS) is 23.1. The Balaban J connectivity index is 2.26. The summed E-state index contributed by atoms with van der Waals surface area (Å²) in [4.78, 5) is 0. The predicted molar refractivity (Wildman–Crippen MR) is 103 cm³/mol. The molecule has 0 spiro atoms. The number of nitrogens with one attached hydrogen (secondary N) is 1. The van der Waals surface area contributed by atoms with Crippen LogP contribution in [0, 0.1) is 0 Å². The SMILES string of the molecule is CC(C)(C)S(=O)NCc1cccn1S(=O)(=O)C1(C)C=CC(Br)=CC1. The second kappa shape index (κ2) is 6.90. The average molecular weight is 435 g/mol. The molecule has 1 aliphatic rings.